The number of hydrogen-bond acceptors (Lipinski definition) is 6. The van der Waals surface area contributed by atoms with E-state index in [0.717, 1.165) is 0 Å². The maximum Gasteiger partial charge on any atom is 0.338 e. The normalized spacial score (nSPS) is 18.8. The molecule has 32 heavy (non-hydrogen) atoms. The van der Waals surface area contributed by atoms with Crippen molar-refractivity contribution < 1.29 is 18.7 Å². The number of nitrogens with zero attached hydrogens (tertiary/aromatic N) is 2. The molecule has 0 saturated carbocycles. The van der Waals surface area contributed by atoms with Gasteiger partial charge in [-0.25, -0.2) is 4.79 Å². The van der Waals surface area contributed by atoms with Crippen molar-refractivity contribution in [1.82, 2.24) is 9.88 Å². The first kappa shape index (κ1) is 19.8. The first-order valence-corrected chi connectivity index (χ1v) is 10.3. The van der Waals surface area contributed by atoms with Gasteiger partial charge in [-0.05, 0) is 18.1 Å². The van der Waals surface area contributed by atoms with Crippen LogP contribution in [0.3, 0.4) is 0 Å². The van der Waals surface area contributed by atoms with Gasteiger partial charge in [0.1, 0.15) is 5.69 Å². The van der Waals surface area contributed by atoms with E-state index in [4.69, 9.17) is 14.9 Å². The average Bonchev–Trinajstić information content (AvgIpc) is 3.39. The van der Waals surface area contributed by atoms with Crippen molar-refractivity contribution in [2.75, 3.05) is 18.9 Å². The van der Waals surface area contributed by atoms with Gasteiger partial charge in [0.2, 0.25) is 5.91 Å². The number of esters is 1. The summed E-state index contributed by atoms with van der Waals surface area (Å²) in [5, 5.41) is 0. The lowest BCUT2D eigenvalue weighted by molar-refractivity contribution is -0.140. The highest BCUT2D eigenvalue weighted by atomic mass is 16.5. The van der Waals surface area contributed by atoms with Crippen LogP contribution < -0.4 is 5.73 Å². The number of nitrogen functional groups attached to an aromatic ring is 1. The summed E-state index contributed by atoms with van der Waals surface area (Å²) in [6.07, 6.45) is 1.63. The lowest BCUT2D eigenvalue weighted by Crippen LogP contribution is -2.42. The minimum Gasteiger partial charge on any atom is -0.463 e. The van der Waals surface area contributed by atoms with Crippen molar-refractivity contribution in [3.8, 4) is 11.3 Å². The molecule has 1 atom stereocenters. The SMILES string of the molecule is C=CCN1C(=O)[C@]2(C(C(=O)OCC)=C1c1ccccc1)c1ccccc1-c1oc(N)nc12. The van der Waals surface area contributed by atoms with Gasteiger partial charge in [0, 0.05) is 12.1 Å². The van der Waals surface area contributed by atoms with Gasteiger partial charge in [-0.15, -0.1) is 6.58 Å². The number of fused-ring (bicyclic) bond motifs is 5. The molecule has 2 aliphatic rings. The number of nitrogens with two attached hydrogens (primary N) is 1. The molecule has 2 heterocycles. The summed E-state index contributed by atoms with van der Waals surface area (Å²) in [6.45, 7) is 5.91. The summed E-state index contributed by atoms with van der Waals surface area (Å²) in [5.41, 5.74) is 7.38. The van der Waals surface area contributed by atoms with Gasteiger partial charge in [-0.3, -0.25) is 4.79 Å². The quantitative estimate of drug-likeness (QED) is 0.494. The van der Waals surface area contributed by atoms with Crippen molar-refractivity contribution in [3.05, 3.63) is 89.6 Å². The number of aromatic nitrogens is 1. The maximum atomic E-state index is 14.3. The zero-order valence-electron chi connectivity index (χ0n) is 17.5. The zero-order chi connectivity index (χ0) is 22.5. The highest BCUT2D eigenvalue weighted by molar-refractivity contribution is 6.20. The molecular weight excluding hydrogens is 406 g/mol. The van der Waals surface area contributed by atoms with Gasteiger partial charge in [-0.1, -0.05) is 60.7 Å². The molecule has 0 unspecified atom stereocenters. The van der Waals surface area contributed by atoms with E-state index in [-0.39, 0.29) is 30.6 Å². The predicted molar refractivity (Wildman–Crippen MR) is 119 cm³/mol. The summed E-state index contributed by atoms with van der Waals surface area (Å²) in [4.78, 5) is 33.8. The Balaban J connectivity index is 1.93. The van der Waals surface area contributed by atoms with Crippen LogP contribution in [-0.4, -0.2) is 34.9 Å². The van der Waals surface area contributed by atoms with Crippen molar-refractivity contribution in [3.63, 3.8) is 0 Å². The zero-order valence-corrected chi connectivity index (χ0v) is 17.5. The largest absolute Gasteiger partial charge is 0.463 e. The van der Waals surface area contributed by atoms with Crippen LogP contribution in [0.25, 0.3) is 17.0 Å². The third-order valence-electron chi connectivity index (χ3n) is 5.86. The Morgan fingerprint density at radius 1 is 1.22 bits per heavy atom. The lowest BCUT2D eigenvalue weighted by Gasteiger charge is -2.26. The molecule has 0 radical (unpaired) electrons. The first-order chi connectivity index (χ1) is 15.6. The van der Waals surface area contributed by atoms with Crippen molar-refractivity contribution >= 4 is 23.6 Å². The summed E-state index contributed by atoms with van der Waals surface area (Å²) in [6, 6.07) is 16.6. The van der Waals surface area contributed by atoms with Crippen molar-refractivity contribution in [1.29, 1.82) is 0 Å². The van der Waals surface area contributed by atoms with E-state index in [2.05, 4.69) is 11.6 Å². The molecule has 0 saturated heterocycles. The van der Waals surface area contributed by atoms with Gasteiger partial charge in [0.15, 0.2) is 11.2 Å². The lowest BCUT2D eigenvalue weighted by atomic mass is 9.74. The van der Waals surface area contributed by atoms with Crippen LogP contribution in [0.2, 0.25) is 0 Å². The molecule has 2 N–H and O–H groups in total. The highest BCUT2D eigenvalue weighted by Crippen LogP contribution is 2.59. The van der Waals surface area contributed by atoms with E-state index in [1.165, 1.54) is 0 Å². The highest BCUT2D eigenvalue weighted by Gasteiger charge is 2.64. The third-order valence-corrected chi connectivity index (χ3v) is 5.86. The molecule has 7 heteroatoms. The number of hydrogen-bond donors (Lipinski definition) is 1. The Labute approximate surface area is 184 Å². The molecule has 7 nitrogen and oxygen atoms in total. The summed E-state index contributed by atoms with van der Waals surface area (Å²) < 4.78 is 11.2. The summed E-state index contributed by atoms with van der Waals surface area (Å²) >= 11 is 0. The van der Waals surface area contributed by atoms with Crippen LogP contribution in [0.5, 0.6) is 0 Å². The maximum absolute atomic E-state index is 14.3. The minimum atomic E-state index is -1.52. The first-order valence-electron chi connectivity index (χ1n) is 10.3. The number of benzene rings is 2. The van der Waals surface area contributed by atoms with E-state index in [9.17, 15) is 9.59 Å². The van der Waals surface area contributed by atoms with Crippen LogP contribution in [0, 0.1) is 0 Å². The predicted octanol–water partition coefficient (Wildman–Crippen LogP) is 3.53. The molecule has 2 aromatic carbocycles. The van der Waals surface area contributed by atoms with Crippen LogP contribution in [-0.2, 0) is 19.7 Å². The van der Waals surface area contributed by atoms with E-state index < -0.39 is 11.4 Å². The number of oxazole rings is 1. The Kier molecular flexibility index (Phi) is 4.48. The van der Waals surface area contributed by atoms with Gasteiger partial charge in [0.25, 0.3) is 6.01 Å². The number of carbonyl (C=O) groups excluding carboxylic acids is 2. The molecule has 160 valence electrons. The van der Waals surface area contributed by atoms with Crippen LogP contribution >= 0.6 is 0 Å². The third kappa shape index (κ3) is 2.45. The fourth-order valence-corrected chi connectivity index (χ4v) is 4.75. The van der Waals surface area contributed by atoms with E-state index >= 15 is 0 Å². The van der Waals surface area contributed by atoms with Gasteiger partial charge in [-0.2, -0.15) is 4.98 Å². The second kappa shape index (κ2) is 7.23. The molecule has 1 amide bonds. The van der Waals surface area contributed by atoms with Gasteiger partial charge in [0.05, 0.1) is 17.9 Å². The van der Waals surface area contributed by atoms with Gasteiger partial charge >= 0.3 is 5.97 Å². The molecule has 5 rings (SSSR count). The standard InChI is InChI=1S/C25H21N3O4/c1-3-14-28-19(15-10-6-5-7-11-15)18(22(29)31-4-2)25(23(28)30)17-13-9-8-12-16(17)20-21(25)27-24(26)32-20/h3,5-13H,1,4,14H2,2H3,(H2,26,27)/t25-/m0/s1. The second-order valence-electron chi connectivity index (χ2n) is 7.54. The van der Waals surface area contributed by atoms with E-state index in [1.54, 1.807) is 17.9 Å². The number of amides is 1. The summed E-state index contributed by atoms with van der Waals surface area (Å²) in [7, 11) is 0. The fourth-order valence-electron chi connectivity index (χ4n) is 4.75. The second-order valence-corrected chi connectivity index (χ2v) is 7.54. The topological polar surface area (TPSA) is 98.7 Å². The monoisotopic (exact) mass is 427 g/mol. The van der Waals surface area contributed by atoms with Crippen LogP contribution in [0.1, 0.15) is 23.7 Å². The van der Waals surface area contributed by atoms with Gasteiger partial charge < -0.3 is 19.8 Å². The molecule has 1 aliphatic heterocycles. The Morgan fingerprint density at radius 3 is 2.66 bits per heavy atom. The summed E-state index contributed by atoms with van der Waals surface area (Å²) in [5.74, 6) is -0.518. The van der Waals surface area contributed by atoms with Crippen LogP contribution in [0.4, 0.5) is 6.01 Å². The Hall–Kier alpha value is -4.13. The van der Waals surface area contributed by atoms with Crippen molar-refractivity contribution in [2.24, 2.45) is 0 Å². The molecule has 1 spiro atoms. The Bertz CT molecular complexity index is 1290. The fraction of sp³-hybridized carbons (Fsp3) is 0.160. The molecule has 1 aromatic heterocycles. The molecule has 0 bridgehead atoms. The number of ether oxygens (including phenoxy) is 1. The number of anilines is 1. The van der Waals surface area contributed by atoms with E-state index in [0.29, 0.717) is 33.8 Å². The molecule has 0 fully saturated rings. The van der Waals surface area contributed by atoms with Crippen molar-refractivity contribution in [2.45, 2.75) is 12.3 Å². The smallest absolute Gasteiger partial charge is 0.338 e. The average molecular weight is 427 g/mol. The number of carbonyl (C=O) groups is 2. The molecule has 3 aromatic rings. The minimum absolute atomic E-state index is 0.0664. The van der Waals surface area contributed by atoms with Crippen LogP contribution in [0.15, 0.2) is 77.2 Å². The van der Waals surface area contributed by atoms with E-state index in [1.807, 2.05) is 54.6 Å². The number of rotatable bonds is 5. The molecule has 1 aliphatic carbocycles. The molecular formula is C25H21N3O4. The Morgan fingerprint density at radius 2 is 1.94 bits per heavy atom.